The van der Waals surface area contributed by atoms with E-state index in [0.29, 0.717) is 0 Å². The van der Waals surface area contributed by atoms with Crippen LogP contribution >= 0.6 is 0 Å². The summed E-state index contributed by atoms with van der Waals surface area (Å²) in [5, 5.41) is 3.07. The number of amides is 1. The first kappa shape index (κ1) is 15.2. The minimum atomic E-state index is -0.200. The molecule has 2 heteroatoms. The van der Waals surface area contributed by atoms with Crippen LogP contribution in [0.4, 0.5) is 0 Å². The Kier molecular flexibility index (Phi) is 7.11. The zero-order chi connectivity index (χ0) is 12.6. The van der Waals surface area contributed by atoms with E-state index in [1.807, 2.05) is 46.8 Å². The van der Waals surface area contributed by atoms with E-state index in [2.05, 4.69) is 5.32 Å². The van der Waals surface area contributed by atoms with Crippen LogP contribution in [-0.4, -0.2) is 11.4 Å². The third-order valence-corrected chi connectivity index (χ3v) is 2.75. The predicted molar refractivity (Wildman–Crippen MR) is 70.3 cm³/mol. The van der Waals surface area contributed by atoms with Crippen LogP contribution in [0.25, 0.3) is 0 Å². The molecule has 1 fully saturated rings. The van der Waals surface area contributed by atoms with Gasteiger partial charge in [-0.25, -0.2) is 0 Å². The Balaban J connectivity index is 0.00000106. The number of allylic oxidation sites excluding steroid dienone is 1. The van der Waals surface area contributed by atoms with Crippen LogP contribution in [0.3, 0.4) is 0 Å². The number of carbonyl (C=O) groups is 1. The smallest absolute Gasteiger partial charge is 0.223 e. The molecular weight excluding hydrogens is 198 g/mol. The van der Waals surface area contributed by atoms with Gasteiger partial charge in [-0.2, -0.15) is 0 Å². The van der Waals surface area contributed by atoms with E-state index in [9.17, 15) is 4.79 Å². The number of hydrogen-bond donors (Lipinski definition) is 1. The normalized spacial score (nSPS) is 17.1. The van der Waals surface area contributed by atoms with Crippen LogP contribution in [0.15, 0.2) is 12.2 Å². The lowest BCUT2D eigenvalue weighted by Gasteiger charge is -2.24. The Labute approximate surface area is 101 Å². The Hall–Kier alpha value is -0.790. The molecule has 0 radical (unpaired) electrons. The number of rotatable bonds is 3. The minimum absolute atomic E-state index is 0.200. The van der Waals surface area contributed by atoms with Crippen molar-refractivity contribution in [3.05, 3.63) is 12.2 Å². The van der Waals surface area contributed by atoms with Crippen molar-refractivity contribution in [2.45, 2.75) is 65.8 Å². The fourth-order valence-corrected chi connectivity index (χ4v) is 2.07. The second-order valence-corrected chi connectivity index (χ2v) is 4.69. The quantitative estimate of drug-likeness (QED) is 0.729. The summed E-state index contributed by atoms with van der Waals surface area (Å²) >= 11 is 0. The lowest BCUT2D eigenvalue weighted by molar-refractivity contribution is -0.125. The Bertz CT molecular complexity index is 225. The monoisotopic (exact) mass is 225 g/mol. The molecule has 0 saturated heterocycles. The van der Waals surface area contributed by atoms with Crippen LogP contribution in [0.5, 0.6) is 0 Å². The van der Waals surface area contributed by atoms with Crippen molar-refractivity contribution >= 4 is 5.91 Å². The van der Waals surface area contributed by atoms with Crippen molar-refractivity contribution in [2.75, 3.05) is 0 Å². The average molecular weight is 225 g/mol. The lowest BCUT2D eigenvalue weighted by atomic mass is 10.0. The van der Waals surface area contributed by atoms with Crippen LogP contribution in [0.2, 0.25) is 0 Å². The molecule has 0 heterocycles. The van der Waals surface area contributed by atoms with E-state index in [1.165, 1.54) is 12.8 Å². The maximum Gasteiger partial charge on any atom is 0.223 e. The molecule has 0 aliphatic heterocycles. The summed E-state index contributed by atoms with van der Waals surface area (Å²) in [5.74, 6) is 0.491. The number of nitrogens with one attached hydrogen (secondary N) is 1. The van der Waals surface area contributed by atoms with Gasteiger partial charge in [0.1, 0.15) is 0 Å². The van der Waals surface area contributed by atoms with Gasteiger partial charge in [0.25, 0.3) is 0 Å². The van der Waals surface area contributed by atoms with Gasteiger partial charge in [0, 0.05) is 5.92 Å². The maximum atomic E-state index is 11.8. The van der Waals surface area contributed by atoms with Gasteiger partial charge in [0.15, 0.2) is 0 Å². The molecule has 1 aliphatic carbocycles. The molecule has 1 aliphatic rings. The highest BCUT2D eigenvalue weighted by atomic mass is 16.2. The molecule has 0 aromatic rings. The Morgan fingerprint density at radius 2 is 1.75 bits per heavy atom. The Morgan fingerprint density at radius 1 is 1.25 bits per heavy atom. The zero-order valence-corrected chi connectivity index (χ0v) is 11.5. The largest absolute Gasteiger partial charge is 0.348 e. The first-order chi connectivity index (χ1) is 7.55. The fraction of sp³-hybridized carbons (Fsp3) is 0.786. The SMILES string of the molecule is C/C=C/C(C)(C)NC(=O)C1CCCC1.CC. The molecule has 1 rings (SSSR count). The summed E-state index contributed by atoms with van der Waals surface area (Å²) in [5.41, 5.74) is -0.200. The summed E-state index contributed by atoms with van der Waals surface area (Å²) in [6.45, 7) is 10.0. The summed E-state index contributed by atoms with van der Waals surface area (Å²) in [6, 6.07) is 0. The summed E-state index contributed by atoms with van der Waals surface area (Å²) in [7, 11) is 0. The van der Waals surface area contributed by atoms with Gasteiger partial charge in [0.05, 0.1) is 5.54 Å². The van der Waals surface area contributed by atoms with Crippen molar-refractivity contribution in [1.29, 1.82) is 0 Å². The van der Waals surface area contributed by atoms with Crippen molar-refractivity contribution in [2.24, 2.45) is 5.92 Å². The number of hydrogen-bond acceptors (Lipinski definition) is 1. The average Bonchev–Trinajstić information content (AvgIpc) is 2.72. The van der Waals surface area contributed by atoms with Crippen molar-refractivity contribution in [3.63, 3.8) is 0 Å². The van der Waals surface area contributed by atoms with Crippen molar-refractivity contribution in [1.82, 2.24) is 5.32 Å². The molecule has 0 atom stereocenters. The molecule has 94 valence electrons. The van der Waals surface area contributed by atoms with Crippen molar-refractivity contribution < 1.29 is 4.79 Å². The molecule has 0 unspecified atom stereocenters. The summed E-state index contributed by atoms with van der Waals surface area (Å²) in [4.78, 5) is 11.8. The summed E-state index contributed by atoms with van der Waals surface area (Å²) < 4.78 is 0. The standard InChI is InChI=1S/C12H21NO.C2H6/c1-4-9-12(2,3)13-11(14)10-7-5-6-8-10;1-2/h4,9-10H,5-8H2,1-3H3,(H,13,14);1-2H3/b9-4+;. The molecule has 2 nitrogen and oxygen atoms in total. The highest BCUT2D eigenvalue weighted by Crippen LogP contribution is 2.25. The zero-order valence-electron chi connectivity index (χ0n) is 11.5. The number of carbonyl (C=O) groups excluding carboxylic acids is 1. The van der Waals surface area contributed by atoms with Gasteiger partial charge < -0.3 is 5.32 Å². The second kappa shape index (κ2) is 7.48. The van der Waals surface area contributed by atoms with Gasteiger partial charge in [-0.1, -0.05) is 38.8 Å². The minimum Gasteiger partial charge on any atom is -0.348 e. The van der Waals surface area contributed by atoms with Gasteiger partial charge in [-0.3, -0.25) is 4.79 Å². The Morgan fingerprint density at radius 3 is 2.19 bits per heavy atom. The summed E-state index contributed by atoms with van der Waals surface area (Å²) in [6.07, 6.45) is 8.56. The molecule has 1 amide bonds. The molecular formula is C14H27NO. The third kappa shape index (κ3) is 5.34. The molecule has 0 spiro atoms. The van der Waals surface area contributed by atoms with Crippen LogP contribution in [0, 0.1) is 5.92 Å². The highest BCUT2D eigenvalue weighted by molar-refractivity contribution is 5.79. The molecule has 0 aromatic heterocycles. The van der Waals surface area contributed by atoms with Crippen LogP contribution in [0.1, 0.15) is 60.3 Å². The molecule has 1 saturated carbocycles. The van der Waals surface area contributed by atoms with E-state index < -0.39 is 0 Å². The fourth-order valence-electron chi connectivity index (χ4n) is 2.07. The van der Waals surface area contributed by atoms with E-state index in [4.69, 9.17) is 0 Å². The van der Waals surface area contributed by atoms with E-state index in [-0.39, 0.29) is 17.4 Å². The van der Waals surface area contributed by atoms with Gasteiger partial charge in [-0.05, 0) is 33.6 Å². The van der Waals surface area contributed by atoms with E-state index in [1.54, 1.807) is 0 Å². The topological polar surface area (TPSA) is 29.1 Å². The first-order valence-electron chi connectivity index (χ1n) is 6.51. The molecule has 0 aromatic carbocycles. The van der Waals surface area contributed by atoms with Crippen LogP contribution in [-0.2, 0) is 4.79 Å². The lowest BCUT2D eigenvalue weighted by Crippen LogP contribution is -2.44. The molecule has 16 heavy (non-hydrogen) atoms. The van der Waals surface area contributed by atoms with E-state index in [0.717, 1.165) is 12.8 Å². The molecule has 0 bridgehead atoms. The highest BCUT2D eigenvalue weighted by Gasteiger charge is 2.26. The van der Waals surface area contributed by atoms with Gasteiger partial charge in [-0.15, -0.1) is 0 Å². The van der Waals surface area contributed by atoms with E-state index >= 15 is 0 Å². The molecule has 1 N–H and O–H groups in total. The van der Waals surface area contributed by atoms with Gasteiger partial charge in [0.2, 0.25) is 5.91 Å². The van der Waals surface area contributed by atoms with Crippen molar-refractivity contribution in [3.8, 4) is 0 Å². The first-order valence-corrected chi connectivity index (χ1v) is 6.51. The third-order valence-electron chi connectivity index (χ3n) is 2.75. The van der Waals surface area contributed by atoms with Crippen LogP contribution < -0.4 is 5.32 Å². The maximum absolute atomic E-state index is 11.8. The van der Waals surface area contributed by atoms with Gasteiger partial charge >= 0.3 is 0 Å². The predicted octanol–water partition coefficient (Wildman–Crippen LogP) is 3.67. The second-order valence-electron chi connectivity index (χ2n) is 4.69.